The number of nitrogens with one attached hydrogen (secondary N) is 4. The van der Waals surface area contributed by atoms with Crippen LogP contribution in [-0.4, -0.2) is 216 Å². The van der Waals surface area contributed by atoms with Crippen LogP contribution in [0.1, 0.15) is 169 Å². The van der Waals surface area contributed by atoms with E-state index in [1.165, 1.54) is 90.4 Å². The van der Waals surface area contributed by atoms with Gasteiger partial charge in [-0.15, -0.1) is 0 Å². The molecule has 22 heteroatoms. The van der Waals surface area contributed by atoms with Crippen molar-refractivity contribution in [2.75, 3.05) is 55.9 Å². The van der Waals surface area contributed by atoms with Gasteiger partial charge in [0, 0.05) is 49.3 Å². The summed E-state index contributed by atoms with van der Waals surface area (Å²) in [6, 6.07) is -11.3. The lowest BCUT2D eigenvalue weighted by molar-refractivity contribution is -0.156. The van der Waals surface area contributed by atoms with Crippen molar-refractivity contribution < 1.29 is 52.7 Å². The third-order valence-corrected chi connectivity index (χ3v) is 17.0. The van der Waals surface area contributed by atoms with E-state index in [1.807, 2.05) is 62.3 Å². The van der Waals surface area contributed by atoms with E-state index >= 15 is 14.4 Å². The van der Waals surface area contributed by atoms with Gasteiger partial charge in [0.05, 0.1) is 6.54 Å². The molecule has 84 heavy (non-hydrogen) atoms. The molecule has 0 radical (unpaired) electrons. The lowest BCUT2D eigenvalue weighted by atomic mass is 9.75. The Morgan fingerprint density at radius 3 is 1.31 bits per heavy atom. The molecular weight excluding hydrogens is 1070 g/mol. The highest BCUT2D eigenvalue weighted by molar-refractivity contribution is 5.99. The van der Waals surface area contributed by atoms with Crippen molar-refractivity contribution in [2.45, 2.75) is 229 Å². The van der Waals surface area contributed by atoms with Gasteiger partial charge in [-0.05, 0) is 99.7 Å². The zero-order chi connectivity index (χ0) is 64.7. The molecule has 2 fully saturated rings. The fraction of sp³-hybridized carbons (Fsp3) is 0.823. The molecule has 0 spiro atoms. The van der Waals surface area contributed by atoms with Crippen LogP contribution in [0.5, 0.6) is 0 Å². The number of hydrogen-bond donors (Lipinski definition) is 4. The average molecular weight is 1190 g/mol. The first-order valence-electron chi connectivity index (χ1n) is 30.9. The summed E-state index contributed by atoms with van der Waals surface area (Å²) in [6.45, 7) is 28.4. The number of rotatable bonds is 12. The van der Waals surface area contributed by atoms with Gasteiger partial charge in [-0.2, -0.15) is 0 Å². The summed E-state index contributed by atoms with van der Waals surface area (Å²) in [4.78, 5) is 170. The summed E-state index contributed by atoms with van der Waals surface area (Å²) in [5.41, 5.74) is 0. The normalized spacial score (nSPS) is 29.1. The second-order valence-corrected chi connectivity index (χ2v) is 26.7. The van der Waals surface area contributed by atoms with Crippen LogP contribution in [-0.2, 0) is 52.7 Å². The topological polar surface area (TPSA) is 259 Å². The summed E-state index contributed by atoms with van der Waals surface area (Å²) in [7, 11) is 10.4. The molecular formula is C62H111N11O11. The van der Waals surface area contributed by atoms with Gasteiger partial charge >= 0.3 is 0 Å². The van der Waals surface area contributed by atoms with E-state index in [0.717, 1.165) is 19.3 Å². The highest BCUT2D eigenvalue weighted by Crippen LogP contribution is 2.35. The van der Waals surface area contributed by atoms with E-state index in [4.69, 9.17) is 0 Å². The third kappa shape index (κ3) is 19.9. The highest BCUT2D eigenvalue weighted by atomic mass is 16.2. The number of amides is 11. The van der Waals surface area contributed by atoms with Gasteiger partial charge in [0.15, 0.2) is 0 Å². The lowest BCUT2D eigenvalue weighted by Gasteiger charge is -2.43. The minimum absolute atomic E-state index is 0.00466. The summed E-state index contributed by atoms with van der Waals surface area (Å²) in [5, 5.41) is 11.2. The van der Waals surface area contributed by atoms with Crippen molar-refractivity contribution >= 4 is 65.0 Å². The lowest BCUT2D eigenvalue weighted by Crippen LogP contribution is -2.63. The van der Waals surface area contributed by atoms with Gasteiger partial charge in [-0.25, -0.2) is 0 Å². The van der Waals surface area contributed by atoms with Crippen molar-refractivity contribution in [2.24, 2.45) is 47.3 Å². The number of carbonyl (C=O) groups is 11. The first-order valence-corrected chi connectivity index (χ1v) is 30.9. The fourth-order valence-corrected chi connectivity index (χ4v) is 11.8. The Hall–Kier alpha value is -5.83. The van der Waals surface area contributed by atoms with E-state index in [2.05, 4.69) is 21.3 Å². The zero-order valence-electron chi connectivity index (χ0n) is 55.6. The first-order chi connectivity index (χ1) is 38.8. The standard InChI is InChI=1S/C62H111N11O11/c1-24-44-58(80)67(17)33-49(74)68(18)45(29-34(2)3)55(77)66-50(38(10)11)61(83)69(19)46(30-35(4)5)54(76)63-41(15)53(75)64-42(16)57(79)70(20)47(31-36(6)7)59(81)71(21)48(32-37(8)9)60(82)72(22)51(39(12)13)62(84)73(23)52(56(78)65-44)43-28-26-25-27-40(43)14/h34-48,50-52H,24-33H2,1-23H3,(H,63,76)(H,64,75)(H,65,78)(H,66,77)/t40?,41-,42-,43?,44+,45-,46-,47+,48+,50-,51+,52+/m1/s1. The second kappa shape index (κ2) is 33.2. The van der Waals surface area contributed by atoms with Crippen LogP contribution >= 0.6 is 0 Å². The molecule has 0 bridgehead atoms. The summed E-state index contributed by atoms with van der Waals surface area (Å²) in [6.07, 6.45) is 4.05. The number of likely N-dealkylation sites (N-methyl/N-ethyl adjacent to an activating group) is 7. The maximum atomic E-state index is 15.3. The Labute approximate surface area is 503 Å². The quantitative estimate of drug-likeness (QED) is 0.216. The van der Waals surface area contributed by atoms with Gasteiger partial charge in [-0.1, -0.05) is 116 Å². The Morgan fingerprint density at radius 2 is 0.845 bits per heavy atom. The molecule has 1 heterocycles. The van der Waals surface area contributed by atoms with Crippen LogP contribution < -0.4 is 21.3 Å². The van der Waals surface area contributed by atoms with Crippen molar-refractivity contribution in [3.8, 4) is 0 Å². The monoisotopic (exact) mass is 1190 g/mol. The van der Waals surface area contributed by atoms with E-state index < -0.39 is 144 Å². The molecule has 22 nitrogen and oxygen atoms in total. The van der Waals surface area contributed by atoms with E-state index in [-0.39, 0.29) is 67.6 Å². The minimum atomic E-state index is -1.21. The Bertz CT molecular complexity index is 2290. The van der Waals surface area contributed by atoms with Gasteiger partial charge in [0.1, 0.15) is 60.4 Å². The van der Waals surface area contributed by atoms with E-state index in [1.54, 1.807) is 41.7 Å². The predicted molar refractivity (Wildman–Crippen MR) is 325 cm³/mol. The van der Waals surface area contributed by atoms with Gasteiger partial charge in [-0.3, -0.25) is 52.7 Å². The molecule has 4 N–H and O–H groups in total. The molecule has 12 atom stereocenters. The van der Waals surface area contributed by atoms with Crippen molar-refractivity contribution in [3.63, 3.8) is 0 Å². The van der Waals surface area contributed by atoms with Gasteiger partial charge in [0.25, 0.3) is 0 Å². The average Bonchev–Trinajstić information content (AvgIpc) is 3.32. The summed E-state index contributed by atoms with van der Waals surface area (Å²) >= 11 is 0. The first kappa shape index (κ1) is 74.3. The maximum absolute atomic E-state index is 15.3. The molecule has 0 aromatic carbocycles. The second-order valence-electron chi connectivity index (χ2n) is 26.7. The van der Waals surface area contributed by atoms with Gasteiger partial charge in [0.2, 0.25) is 65.0 Å². The van der Waals surface area contributed by atoms with Crippen LogP contribution in [0.4, 0.5) is 0 Å². The Balaban J connectivity index is 2.94. The van der Waals surface area contributed by atoms with Crippen molar-refractivity contribution in [3.05, 3.63) is 0 Å². The number of hydrogen-bond acceptors (Lipinski definition) is 11. The smallest absolute Gasteiger partial charge is 0.246 e. The van der Waals surface area contributed by atoms with Crippen LogP contribution in [0, 0.1) is 47.3 Å². The molecule has 0 aromatic rings. The van der Waals surface area contributed by atoms with Crippen molar-refractivity contribution in [1.29, 1.82) is 0 Å². The molecule has 11 amide bonds. The molecule has 1 aliphatic heterocycles. The Kier molecular flexibility index (Phi) is 29.3. The molecule has 1 saturated heterocycles. The minimum Gasteiger partial charge on any atom is -0.343 e. The van der Waals surface area contributed by atoms with E-state index in [9.17, 15) is 38.4 Å². The number of carbonyl (C=O) groups excluding carboxylic acids is 11. The predicted octanol–water partition coefficient (Wildman–Crippen LogP) is 4.13. The Morgan fingerprint density at radius 1 is 0.417 bits per heavy atom. The zero-order valence-corrected chi connectivity index (χ0v) is 55.6. The molecule has 2 unspecified atom stereocenters. The van der Waals surface area contributed by atoms with Crippen LogP contribution in [0.2, 0.25) is 0 Å². The molecule has 1 saturated carbocycles. The summed E-state index contributed by atoms with van der Waals surface area (Å²) in [5.74, 6) is -8.25. The molecule has 480 valence electrons. The number of nitrogens with zero attached hydrogens (tertiary/aromatic N) is 7. The molecule has 1 aliphatic carbocycles. The molecule has 0 aromatic heterocycles. The van der Waals surface area contributed by atoms with E-state index in [0.29, 0.717) is 6.42 Å². The largest absolute Gasteiger partial charge is 0.343 e. The highest BCUT2D eigenvalue weighted by Gasteiger charge is 2.46. The molecule has 2 aliphatic rings. The SMILES string of the molecule is CC[C@@H]1NC(=O)[C@H](C2CCCCC2C)N(C)C(=O)[C@H](C(C)C)N(C)C(=O)[C@H](CC(C)C)N(C)C(=O)[C@H](CC(C)C)N(C)C(=O)[C@@H](C)NC(=O)[C@@H](C)NC(=O)[C@@H](CC(C)C)N(C)C(=O)[C@@H](C(C)C)NC(=O)[C@@H](CC(C)C)N(C)C(=O)CN(C)C1=O. The summed E-state index contributed by atoms with van der Waals surface area (Å²) < 4.78 is 0. The van der Waals surface area contributed by atoms with Crippen LogP contribution in [0.25, 0.3) is 0 Å². The van der Waals surface area contributed by atoms with Crippen LogP contribution in [0.15, 0.2) is 0 Å². The van der Waals surface area contributed by atoms with Gasteiger partial charge < -0.3 is 55.6 Å². The third-order valence-electron chi connectivity index (χ3n) is 17.0. The van der Waals surface area contributed by atoms with Crippen LogP contribution in [0.3, 0.4) is 0 Å². The fourth-order valence-electron chi connectivity index (χ4n) is 11.8. The maximum Gasteiger partial charge on any atom is 0.246 e. The molecule has 2 rings (SSSR count). The van der Waals surface area contributed by atoms with Crippen molar-refractivity contribution in [1.82, 2.24) is 55.6 Å².